The largest absolute Gasteiger partial charge is 0.493 e. The molecule has 0 atom stereocenters. The van der Waals surface area contributed by atoms with E-state index in [0.29, 0.717) is 29.9 Å². The van der Waals surface area contributed by atoms with E-state index < -0.39 is 11.5 Å². The van der Waals surface area contributed by atoms with Gasteiger partial charge in [-0.3, -0.25) is 0 Å². The van der Waals surface area contributed by atoms with Gasteiger partial charge < -0.3 is 15.2 Å². The van der Waals surface area contributed by atoms with Crippen LogP contribution in [0.5, 0.6) is 11.5 Å². The number of ether oxygens (including phenoxy) is 2. The Morgan fingerprint density at radius 1 is 1.05 bits per heavy atom. The summed E-state index contributed by atoms with van der Waals surface area (Å²) in [7, 11) is 2.93. The summed E-state index contributed by atoms with van der Waals surface area (Å²) in [5.41, 5.74) is 6.16. The lowest BCUT2D eigenvalue weighted by Crippen LogP contribution is -2.40. The number of halogens is 2. The zero-order chi connectivity index (χ0) is 15.7. The Hall–Kier alpha value is -1.36. The molecule has 0 aliphatic heterocycles. The summed E-state index contributed by atoms with van der Waals surface area (Å²) in [4.78, 5) is 0. The number of nitrogens with two attached hydrogens (primary N) is 1. The van der Waals surface area contributed by atoms with Gasteiger partial charge in [0.05, 0.1) is 14.2 Å². The van der Waals surface area contributed by atoms with Gasteiger partial charge in [-0.2, -0.15) is 0 Å². The fraction of sp³-hybridized carbons (Fsp3) is 0.625. The molecule has 1 aromatic carbocycles. The molecule has 0 spiro atoms. The standard InChI is InChI=1S/C16H23F2NO2/c1-15(17,18)11-9-13(20-2)14(21-3)10-12(11)16(19)7-5-4-6-8-16/h9-10H,4-8,19H2,1-3H3. The number of benzene rings is 1. The molecule has 0 aromatic heterocycles. The topological polar surface area (TPSA) is 44.5 Å². The number of alkyl halides is 2. The minimum Gasteiger partial charge on any atom is -0.493 e. The summed E-state index contributed by atoms with van der Waals surface area (Å²) >= 11 is 0. The molecule has 1 saturated carbocycles. The maximum absolute atomic E-state index is 14.0. The lowest BCUT2D eigenvalue weighted by molar-refractivity contribution is 0.0145. The number of rotatable bonds is 4. The zero-order valence-corrected chi connectivity index (χ0v) is 12.8. The van der Waals surface area contributed by atoms with E-state index in [1.807, 2.05) is 0 Å². The molecule has 0 saturated heterocycles. The SMILES string of the molecule is COc1cc(C(C)(F)F)c(C2(N)CCCCC2)cc1OC. The first-order valence-electron chi connectivity index (χ1n) is 7.25. The summed E-state index contributed by atoms with van der Waals surface area (Å²) < 4.78 is 38.5. The summed E-state index contributed by atoms with van der Waals surface area (Å²) in [5, 5.41) is 0. The van der Waals surface area contributed by atoms with Gasteiger partial charge in [-0.05, 0) is 30.5 Å². The molecule has 5 heteroatoms. The molecule has 0 heterocycles. The molecule has 2 rings (SSSR count). The maximum Gasteiger partial charge on any atom is 0.270 e. The molecule has 21 heavy (non-hydrogen) atoms. The minimum atomic E-state index is -2.97. The second-order valence-corrected chi connectivity index (χ2v) is 5.86. The van der Waals surface area contributed by atoms with Crippen molar-refractivity contribution in [2.45, 2.75) is 50.5 Å². The molecule has 3 nitrogen and oxygen atoms in total. The van der Waals surface area contributed by atoms with Crippen molar-refractivity contribution in [1.82, 2.24) is 0 Å². The van der Waals surface area contributed by atoms with Crippen LogP contribution in [-0.2, 0) is 11.5 Å². The van der Waals surface area contributed by atoms with Gasteiger partial charge in [-0.1, -0.05) is 19.3 Å². The van der Waals surface area contributed by atoms with Crippen LogP contribution in [-0.4, -0.2) is 14.2 Å². The van der Waals surface area contributed by atoms with Crippen LogP contribution < -0.4 is 15.2 Å². The summed E-state index contributed by atoms with van der Waals surface area (Å²) in [6.45, 7) is 0.893. The van der Waals surface area contributed by atoms with Gasteiger partial charge in [0.25, 0.3) is 5.92 Å². The zero-order valence-electron chi connectivity index (χ0n) is 12.8. The Morgan fingerprint density at radius 3 is 2.05 bits per heavy atom. The highest BCUT2D eigenvalue weighted by atomic mass is 19.3. The molecule has 0 unspecified atom stereocenters. The van der Waals surface area contributed by atoms with Crippen LogP contribution >= 0.6 is 0 Å². The fourth-order valence-corrected chi connectivity index (χ4v) is 3.11. The highest BCUT2D eigenvalue weighted by molar-refractivity contribution is 5.51. The molecule has 118 valence electrons. The van der Waals surface area contributed by atoms with Gasteiger partial charge in [0.15, 0.2) is 11.5 Å². The third-order valence-electron chi connectivity index (χ3n) is 4.28. The van der Waals surface area contributed by atoms with Crippen molar-refractivity contribution < 1.29 is 18.3 Å². The fourth-order valence-electron chi connectivity index (χ4n) is 3.11. The first-order chi connectivity index (χ1) is 9.81. The van der Waals surface area contributed by atoms with Crippen LogP contribution in [0, 0.1) is 0 Å². The van der Waals surface area contributed by atoms with Crippen molar-refractivity contribution in [1.29, 1.82) is 0 Å². The van der Waals surface area contributed by atoms with E-state index in [0.717, 1.165) is 26.2 Å². The van der Waals surface area contributed by atoms with Crippen molar-refractivity contribution in [2.24, 2.45) is 5.73 Å². The second-order valence-electron chi connectivity index (χ2n) is 5.86. The Labute approximate surface area is 124 Å². The molecular formula is C16H23F2NO2. The molecule has 1 aromatic rings. The van der Waals surface area contributed by atoms with E-state index in [2.05, 4.69) is 0 Å². The normalized spacial score (nSPS) is 18.4. The van der Waals surface area contributed by atoms with Crippen LogP contribution in [0.3, 0.4) is 0 Å². The Balaban J connectivity index is 2.61. The van der Waals surface area contributed by atoms with Crippen LogP contribution in [0.4, 0.5) is 8.78 Å². The number of methoxy groups -OCH3 is 2. The Kier molecular flexibility index (Phi) is 4.42. The first kappa shape index (κ1) is 16.0. The van der Waals surface area contributed by atoms with Gasteiger partial charge in [-0.15, -0.1) is 0 Å². The van der Waals surface area contributed by atoms with Gasteiger partial charge in [0.2, 0.25) is 0 Å². The summed E-state index contributed by atoms with van der Waals surface area (Å²) in [6.07, 6.45) is 4.44. The molecule has 1 aliphatic rings. The Bertz CT molecular complexity index is 506. The van der Waals surface area contributed by atoms with Gasteiger partial charge >= 0.3 is 0 Å². The lowest BCUT2D eigenvalue weighted by atomic mass is 9.75. The first-order valence-corrected chi connectivity index (χ1v) is 7.25. The van der Waals surface area contributed by atoms with E-state index >= 15 is 0 Å². The van der Waals surface area contributed by atoms with Crippen molar-refractivity contribution in [3.8, 4) is 11.5 Å². The molecule has 1 fully saturated rings. The van der Waals surface area contributed by atoms with Gasteiger partial charge in [0, 0.05) is 18.0 Å². The third-order valence-corrected chi connectivity index (χ3v) is 4.28. The predicted octanol–water partition coefficient (Wildman–Crippen LogP) is 3.93. The lowest BCUT2D eigenvalue weighted by Gasteiger charge is -2.36. The van der Waals surface area contributed by atoms with Crippen LogP contribution in [0.25, 0.3) is 0 Å². The quantitative estimate of drug-likeness (QED) is 0.916. The average molecular weight is 299 g/mol. The minimum absolute atomic E-state index is 0.0652. The second kappa shape index (κ2) is 5.79. The molecular weight excluding hydrogens is 276 g/mol. The van der Waals surface area contributed by atoms with Crippen molar-refractivity contribution in [3.05, 3.63) is 23.3 Å². The molecule has 0 radical (unpaired) electrons. The van der Waals surface area contributed by atoms with Gasteiger partial charge in [-0.25, -0.2) is 8.78 Å². The molecule has 0 amide bonds. The van der Waals surface area contributed by atoms with E-state index in [-0.39, 0.29) is 5.56 Å². The van der Waals surface area contributed by atoms with Crippen LogP contribution in [0.2, 0.25) is 0 Å². The van der Waals surface area contributed by atoms with E-state index in [9.17, 15) is 8.78 Å². The summed E-state index contributed by atoms with van der Waals surface area (Å²) in [5.74, 6) is -2.23. The smallest absolute Gasteiger partial charge is 0.270 e. The van der Waals surface area contributed by atoms with E-state index in [1.54, 1.807) is 6.07 Å². The predicted molar refractivity (Wildman–Crippen MR) is 78.1 cm³/mol. The third kappa shape index (κ3) is 3.12. The summed E-state index contributed by atoms with van der Waals surface area (Å²) in [6, 6.07) is 2.98. The average Bonchev–Trinajstić information content (AvgIpc) is 2.45. The van der Waals surface area contributed by atoms with E-state index in [1.165, 1.54) is 20.3 Å². The van der Waals surface area contributed by atoms with E-state index in [4.69, 9.17) is 15.2 Å². The van der Waals surface area contributed by atoms with Crippen LogP contribution in [0.15, 0.2) is 12.1 Å². The molecule has 2 N–H and O–H groups in total. The molecule has 0 bridgehead atoms. The van der Waals surface area contributed by atoms with Crippen molar-refractivity contribution in [2.75, 3.05) is 14.2 Å². The number of hydrogen-bond donors (Lipinski definition) is 1. The van der Waals surface area contributed by atoms with Crippen LogP contribution in [0.1, 0.15) is 50.2 Å². The monoisotopic (exact) mass is 299 g/mol. The highest BCUT2D eigenvalue weighted by Crippen LogP contribution is 2.45. The highest BCUT2D eigenvalue weighted by Gasteiger charge is 2.38. The van der Waals surface area contributed by atoms with Crippen molar-refractivity contribution in [3.63, 3.8) is 0 Å². The van der Waals surface area contributed by atoms with Gasteiger partial charge in [0.1, 0.15) is 0 Å². The molecule has 1 aliphatic carbocycles. The maximum atomic E-state index is 14.0. The Morgan fingerprint density at radius 2 is 1.57 bits per heavy atom. The van der Waals surface area contributed by atoms with Crippen molar-refractivity contribution >= 4 is 0 Å². The number of hydrogen-bond acceptors (Lipinski definition) is 3.